The summed E-state index contributed by atoms with van der Waals surface area (Å²) < 4.78 is 0. The van der Waals surface area contributed by atoms with Crippen LogP contribution in [-0.2, 0) is 11.2 Å². The summed E-state index contributed by atoms with van der Waals surface area (Å²) in [6.07, 6.45) is 0.699. The lowest BCUT2D eigenvalue weighted by Gasteiger charge is -2.19. The van der Waals surface area contributed by atoms with E-state index in [1.807, 2.05) is 55.6 Å². The number of carbonyl (C=O) groups excluding carboxylic acids is 1. The summed E-state index contributed by atoms with van der Waals surface area (Å²) >= 11 is 0. The number of likely N-dealkylation sites (N-methyl/N-ethyl adjacent to an activating group) is 1. The molecule has 3 rings (SSSR count). The largest absolute Gasteiger partial charge is 0.325 e. The second-order valence-electron chi connectivity index (χ2n) is 5.17. The molecule has 1 aliphatic rings. The summed E-state index contributed by atoms with van der Waals surface area (Å²) in [7, 11) is 1.86. The molecule has 102 valence electrons. The minimum absolute atomic E-state index is 0.0302. The summed E-state index contributed by atoms with van der Waals surface area (Å²) in [5, 5.41) is 3.43. The molecular weight excluding hydrogens is 248 g/mol. The number of nitrogens with zero attached hydrogens (tertiary/aromatic N) is 1. The third-order valence-electron chi connectivity index (χ3n) is 3.79. The van der Waals surface area contributed by atoms with E-state index in [1.165, 1.54) is 5.56 Å². The summed E-state index contributed by atoms with van der Waals surface area (Å²) in [5.74, 6) is 0.155. The zero-order valence-electron chi connectivity index (χ0n) is 11.5. The highest BCUT2D eigenvalue weighted by molar-refractivity contribution is 5.84. The van der Waals surface area contributed by atoms with Gasteiger partial charge in [-0.05, 0) is 17.5 Å². The molecule has 20 heavy (non-hydrogen) atoms. The molecule has 2 atom stereocenters. The smallest absolute Gasteiger partial charge is 0.241 e. The van der Waals surface area contributed by atoms with Crippen molar-refractivity contribution in [3.63, 3.8) is 0 Å². The first-order valence-corrected chi connectivity index (χ1v) is 6.87. The fourth-order valence-electron chi connectivity index (χ4n) is 2.70. The third kappa shape index (κ3) is 2.45. The van der Waals surface area contributed by atoms with E-state index < -0.39 is 0 Å². The van der Waals surface area contributed by atoms with Gasteiger partial charge in [-0.3, -0.25) is 10.1 Å². The van der Waals surface area contributed by atoms with Crippen LogP contribution in [0.3, 0.4) is 0 Å². The fraction of sp³-hybridized carbons (Fsp3) is 0.235. The molecule has 3 heteroatoms. The Morgan fingerprint density at radius 3 is 2.25 bits per heavy atom. The van der Waals surface area contributed by atoms with Gasteiger partial charge in [0.15, 0.2) is 0 Å². The zero-order chi connectivity index (χ0) is 13.9. The number of benzene rings is 2. The Morgan fingerprint density at radius 2 is 1.60 bits per heavy atom. The van der Waals surface area contributed by atoms with Crippen molar-refractivity contribution in [1.82, 2.24) is 10.2 Å². The first-order valence-electron chi connectivity index (χ1n) is 6.87. The normalized spacial score (nSPS) is 22.2. The lowest BCUT2D eigenvalue weighted by molar-refractivity contribution is -0.128. The predicted octanol–water partition coefficient (Wildman–Crippen LogP) is 2.36. The molecule has 1 heterocycles. The van der Waals surface area contributed by atoms with Gasteiger partial charge in [-0.15, -0.1) is 0 Å². The number of hydrogen-bond acceptors (Lipinski definition) is 2. The van der Waals surface area contributed by atoms with Crippen LogP contribution in [-0.4, -0.2) is 23.9 Å². The number of amides is 1. The molecule has 0 unspecified atom stereocenters. The van der Waals surface area contributed by atoms with Crippen LogP contribution in [0, 0.1) is 0 Å². The number of carbonyl (C=O) groups is 1. The quantitative estimate of drug-likeness (QED) is 0.925. The Labute approximate surface area is 119 Å². The van der Waals surface area contributed by atoms with Gasteiger partial charge in [-0.1, -0.05) is 60.7 Å². The first-order chi connectivity index (χ1) is 9.75. The van der Waals surface area contributed by atoms with Gasteiger partial charge in [0, 0.05) is 7.05 Å². The van der Waals surface area contributed by atoms with Crippen molar-refractivity contribution in [3.8, 4) is 0 Å². The average molecular weight is 266 g/mol. The molecule has 2 aromatic rings. The predicted molar refractivity (Wildman–Crippen MR) is 79.0 cm³/mol. The molecule has 2 aromatic carbocycles. The summed E-state index contributed by atoms with van der Waals surface area (Å²) in [4.78, 5) is 14.2. The molecule has 0 aliphatic carbocycles. The summed E-state index contributed by atoms with van der Waals surface area (Å²) in [6, 6.07) is 20.1. The van der Waals surface area contributed by atoms with Crippen LogP contribution in [0.25, 0.3) is 0 Å². The maximum absolute atomic E-state index is 12.4. The third-order valence-corrected chi connectivity index (χ3v) is 3.79. The molecule has 1 fully saturated rings. The van der Waals surface area contributed by atoms with Crippen molar-refractivity contribution in [2.45, 2.75) is 18.6 Å². The van der Waals surface area contributed by atoms with Gasteiger partial charge in [0.05, 0.1) is 6.04 Å². The molecule has 0 spiro atoms. The maximum atomic E-state index is 12.4. The minimum Gasteiger partial charge on any atom is -0.325 e. The van der Waals surface area contributed by atoms with Crippen LogP contribution in [0.4, 0.5) is 0 Å². The van der Waals surface area contributed by atoms with E-state index in [1.54, 1.807) is 4.90 Å². The van der Waals surface area contributed by atoms with E-state index in [4.69, 9.17) is 0 Å². The van der Waals surface area contributed by atoms with Gasteiger partial charge in [-0.2, -0.15) is 0 Å². The SMILES string of the molecule is CN1C(=O)[C@@H](Cc2ccccc2)N[C@@H]1c1ccccc1. The van der Waals surface area contributed by atoms with Crippen LogP contribution in [0.1, 0.15) is 17.3 Å². The average Bonchev–Trinajstić information content (AvgIpc) is 2.78. The number of nitrogens with one attached hydrogen (secondary N) is 1. The number of hydrogen-bond donors (Lipinski definition) is 1. The van der Waals surface area contributed by atoms with Crippen LogP contribution < -0.4 is 5.32 Å². The molecule has 1 N–H and O–H groups in total. The van der Waals surface area contributed by atoms with Crippen molar-refractivity contribution in [2.24, 2.45) is 0 Å². The van der Waals surface area contributed by atoms with E-state index in [9.17, 15) is 4.79 Å². The standard InChI is InChI=1S/C17H18N2O/c1-19-16(14-10-6-3-7-11-14)18-15(17(19)20)12-13-8-4-2-5-9-13/h2-11,15-16,18H,12H2,1H3/t15-,16+/m1/s1. The molecule has 0 bridgehead atoms. The topological polar surface area (TPSA) is 32.3 Å². The van der Waals surface area contributed by atoms with E-state index in [-0.39, 0.29) is 18.1 Å². The molecule has 0 saturated carbocycles. The molecule has 3 nitrogen and oxygen atoms in total. The minimum atomic E-state index is -0.146. The van der Waals surface area contributed by atoms with Gasteiger partial charge in [0.2, 0.25) is 5.91 Å². The molecule has 0 aromatic heterocycles. The van der Waals surface area contributed by atoms with Crippen molar-refractivity contribution >= 4 is 5.91 Å². The summed E-state index contributed by atoms with van der Waals surface area (Å²) in [5.41, 5.74) is 2.30. The van der Waals surface area contributed by atoms with Crippen molar-refractivity contribution < 1.29 is 4.79 Å². The van der Waals surface area contributed by atoms with Crippen molar-refractivity contribution in [2.75, 3.05) is 7.05 Å². The van der Waals surface area contributed by atoms with E-state index >= 15 is 0 Å². The Bertz CT molecular complexity index is 582. The monoisotopic (exact) mass is 266 g/mol. The van der Waals surface area contributed by atoms with Crippen LogP contribution in [0.15, 0.2) is 60.7 Å². The zero-order valence-corrected chi connectivity index (χ0v) is 11.5. The Kier molecular flexibility index (Phi) is 3.52. The molecule has 0 radical (unpaired) electrons. The lowest BCUT2D eigenvalue weighted by atomic mass is 10.1. The van der Waals surface area contributed by atoms with Gasteiger partial charge in [0.1, 0.15) is 6.17 Å². The Morgan fingerprint density at radius 1 is 1.00 bits per heavy atom. The van der Waals surface area contributed by atoms with Crippen LogP contribution >= 0.6 is 0 Å². The first kappa shape index (κ1) is 12.9. The highest BCUT2D eigenvalue weighted by Gasteiger charge is 2.36. The second-order valence-corrected chi connectivity index (χ2v) is 5.17. The van der Waals surface area contributed by atoms with Crippen LogP contribution in [0.2, 0.25) is 0 Å². The van der Waals surface area contributed by atoms with Gasteiger partial charge in [-0.25, -0.2) is 0 Å². The molecular formula is C17H18N2O. The van der Waals surface area contributed by atoms with E-state index in [0.717, 1.165) is 12.0 Å². The Balaban J connectivity index is 1.77. The van der Waals surface area contributed by atoms with E-state index in [0.29, 0.717) is 0 Å². The van der Waals surface area contributed by atoms with Gasteiger partial charge < -0.3 is 4.90 Å². The van der Waals surface area contributed by atoms with Gasteiger partial charge >= 0.3 is 0 Å². The highest BCUT2D eigenvalue weighted by atomic mass is 16.2. The highest BCUT2D eigenvalue weighted by Crippen LogP contribution is 2.24. The van der Waals surface area contributed by atoms with Crippen molar-refractivity contribution in [3.05, 3.63) is 71.8 Å². The fourth-order valence-corrected chi connectivity index (χ4v) is 2.70. The lowest BCUT2D eigenvalue weighted by Crippen LogP contribution is -2.31. The van der Waals surface area contributed by atoms with Gasteiger partial charge in [0.25, 0.3) is 0 Å². The molecule has 1 amide bonds. The number of rotatable bonds is 3. The van der Waals surface area contributed by atoms with E-state index in [2.05, 4.69) is 17.4 Å². The van der Waals surface area contributed by atoms with Crippen molar-refractivity contribution in [1.29, 1.82) is 0 Å². The molecule has 1 saturated heterocycles. The summed E-state index contributed by atoms with van der Waals surface area (Å²) in [6.45, 7) is 0. The maximum Gasteiger partial charge on any atom is 0.241 e. The van der Waals surface area contributed by atoms with Crippen LogP contribution in [0.5, 0.6) is 0 Å². The molecule has 1 aliphatic heterocycles. The Hall–Kier alpha value is -2.13. The second kappa shape index (κ2) is 5.47.